The van der Waals surface area contributed by atoms with E-state index in [1.54, 1.807) is 13.0 Å². The average molecular weight is 237 g/mol. The molecule has 17 heavy (non-hydrogen) atoms. The van der Waals surface area contributed by atoms with Gasteiger partial charge in [0.1, 0.15) is 11.6 Å². The molecule has 5 nitrogen and oxygen atoms in total. The molecule has 0 aliphatic rings. The van der Waals surface area contributed by atoms with Gasteiger partial charge in [-0.2, -0.15) is 4.98 Å². The minimum absolute atomic E-state index is 0.105. The van der Waals surface area contributed by atoms with Gasteiger partial charge in [0.05, 0.1) is 0 Å². The third-order valence-electron chi connectivity index (χ3n) is 2.10. The normalized spacial score (nSPS) is 10.5. The first-order valence-electron chi connectivity index (χ1n) is 5.09. The number of hydrogen-bond donors (Lipinski definition) is 1. The Bertz CT molecular complexity index is 513. The number of ether oxygens (including phenoxy) is 1. The van der Waals surface area contributed by atoms with Gasteiger partial charge in [-0.3, -0.25) is 0 Å². The standard InChI is InChI=1S/C11H12FN3O2/c1-7-14-11(17-15-7)6-16-10-3-8(5-13)2-9(12)4-10/h2-4H,5-6,13H2,1H3. The van der Waals surface area contributed by atoms with Crippen molar-refractivity contribution in [1.29, 1.82) is 0 Å². The van der Waals surface area contributed by atoms with Crippen LogP contribution in [0.1, 0.15) is 17.3 Å². The molecule has 90 valence electrons. The van der Waals surface area contributed by atoms with Crippen molar-refractivity contribution in [2.75, 3.05) is 0 Å². The van der Waals surface area contributed by atoms with Gasteiger partial charge in [-0.05, 0) is 24.6 Å². The Labute approximate surface area is 97.4 Å². The molecule has 0 spiro atoms. The molecule has 0 amide bonds. The zero-order valence-corrected chi connectivity index (χ0v) is 9.31. The summed E-state index contributed by atoms with van der Waals surface area (Å²) in [4.78, 5) is 3.97. The molecule has 1 heterocycles. The maximum absolute atomic E-state index is 13.2. The predicted octanol–water partition coefficient (Wildman–Crippen LogP) is 1.55. The van der Waals surface area contributed by atoms with Crippen molar-refractivity contribution < 1.29 is 13.7 Å². The Morgan fingerprint density at radius 2 is 2.24 bits per heavy atom. The number of rotatable bonds is 4. The largest absolute Gasteiger partial charge is 0.484 e. The number of aromatic nitrogens is 2. The molecule has 0 bridgehead atoms. The first-order chi connectivity index (χ1) is 8.17. The molecule has 0 fully saturated rings. The maximum atomic E-state index is 13.2. The van der Waals surface area contributed by atoms with Crippen molar-refractivity contribution in [3.05, 3.63) is 41.3 Å². The van der Waals surface area contributed by atoms with Gasteiger partial charge in [-0.15, -0.1) is 0 Å². The van der Waals surface area contributed by atoms with Gasteiger partial charge >= 0.3 is 0 Å². The smallest absolute Gasteiger partial charge is 0.264 e. The van der Waals surface area contributed by atoms with Crippen LogP contribution in [0, 0.1) is 12.7 Å². The molecule has 2 N–H and O–H groups in total. The average Bonchev–Trinajstić information content (AvgIpc) is 2.72. The van der Waals surface area contributed by atoms with Gasteiger partial charge in [0.25, 0.3) is 5.89 Å². The number of nitrogens with two attached hydrogens (primary N) is 1. The molecule has 0 atom stereocenters. The summed E-state index contributed by atoms with van der Waals surface area (Å²) in [6, 6.07) is 4.32. The molecule has 0 saturated heterocycles. The molecule has 6 heteroatoms. The van der Waals surface area contributed by atoms with Gasteiger partial charge < -0.3 is 15.0 Å². The van der Waals surface area contributed by atoms with Crippen LogP contribution >= 0.6 is 0 Å². The zero-order chi connectivity index (χ0) is 12.3. The summed E-state index contributed by atoms with van der Waals surface area (Å²) >= 11 is 0. The molecule has 1 aromatic carbocycles. The maximum Gasteiger partial charge on any atom is 0.264 e. The number of hydrogen-bond acceptors (Lipinski definition) is 5. The van der Waals surface area contributed by atoms with E-state index < -0.39 is 0 Å². The van der Waals surface area contributed by atoms with E-state index in [0.717, 1.165) is 0 Å². The zero-order valence-electron chi connectivity index (χ0n) is 9.31. The first-order valence-corrected chi connectivity index (χ1v) is 5.09. The number of benzene rings is 1. The topological polar surface area (TPSA) is 74.2 Å². The quantitative estimate of drug-likeness (QED) is 0.873. The van der Waals surface area contributed by atoms with Crippen molar-refractivity contribution in [3.63, 3.8) is 0 Å². The number of nitrogens with zero attached hydrogens (tertiary/aromatic N) is 2. The van der Waals surface area contributed by atoms with Crippen LogP contribution < -0.4 is 10.5 Å². The van der Waals surface area contributed by atoms with Gasteiger partial charge in [0.15, 0.2) is 12.4 Å². The van der Waals surface area contributed by atoms with Gasteiger partial charge in [-0.25, -0.2) is 4.39 Å². The summed E-state index contributed by atoms with van der Waals surface area (Å²) in [6.45, 7) is 2.07. The van der Waals surface area contributed by atoms with Crippen LogP contribution in [-0.4, -0.2) is 10.1 Å². The Hall–Kier alpha value is -1.95. The minimum Gasteiger partial charge on any atom is -0.484 e. The second kappa shape index (κ2) is 4.92. The fourth-order valence-electron chi connectivity index (χ4n) is 1.37. The molecule has 2 rings (SSSR count). The molecular formula is C11H12FN3O2. The number of halogens is 1. The summed E-state index contributed by atoms with van der Waals surface area (Å²) in [5.41, 5.74) is 6.10. The van der Waals surface area contributed by atoms with E-state index in [1.807, 2.05) is 0 Å². The van der Waals surface area contributed by atoms with Crippen molar-refractivity contribution in [1.82, 2.24) is 10.1 Å². The summed E-state index contributed by atoms with van der Waals surface area (Å²) in [5, 5.41) is 3.62. The predicted molar refractivity (Wildman–Crippen MR) is 57.7 cm³/mol. The van der Waals surface area contributed by atoms with E-state index >= 15 is 0 Å². The SMILES string of the molecule is Cc1noc(COc2cc(F)cc(CN)c2)n1. The summed E-state index contributed by atoms with van der Waals surface area (Å²) < 4.78 is 23.4. The summed E-state index contributed by atoms with van der Waals surface area (Å²) in [5.74, 6) is 0.887. The lowest BCUT2D eigenvalue weighted by Crippen LogP contribution is -2.00. The molecular weight excluding hydrogens is 225 g/mol. The van der Waals surface area contributed by atoms with Crippen LogP contribution in [0.4, 0.5) is 4.39 Å². The van der Waals surface area contributed by atoms with Crippen molar-refractivity contribution in [2.24, 2.45) is 5.73 Å². The second-order valence-electron chi connectivity index (χ2n) is 3.52. The van der Waals surface area contributed by atoms with Crippen LogP contribution in [0.5, 0.6) is 5.75 Å². The van der Waals surface area contributed by atoms with E-state index in [0.29, 0.717) is 23.0 Å². The van der Waals surface area contributed by atoms with Crippen molar-refractivity contribution in [2.45, 2.75) is 20.1 Å². The number of aryl methyl sites for hydroxylation is 1. The van der Waals surface area contributed by atoms with Gasteiger partial charge in [0.2, 0.25) is 0 Å². The second-order valence-corrected chi connectivity index (χ2v) is 3.52. The van der Waals surface area contributed by atoms with Gasteiger partial charge in [-0.1, -0.05) is 5.16 Å². The molecule has 0 unspecified atom stereocenters. The molecule has 0 aliphatic carbocycles. The molecule has 0 radical (unpaired) electrons. The van der Waals surface area contributed by atoms with E-state index in [2.05, 4.69) is 10.1 Å². The van der Waals surface area contributed by atoms with Crippen molar-refractivity contribution >= 4 is 0 Å². The van der Waals surface area contributed by atoms with Crippen LogP contribution in [-0.2, 0) is 13.2 Å². The highest BCUT2D eigenvalue weighted by molar-refractivity contribution is 5.29. The Balaban J connectivity index is 2.05. The molecule has 0 aliphatic heterocycles. The van der Waals surface area contributed by atoms with Crippen LogP contribution in [0.2, 0.25) is 0 Å². The van der Waals surface area contributed by atoms with E-state index in [1.165, 1.54) is 12.1 Å². The lowest BCUT2D eigenvalue weighted by molar-refractivity contribution is 0.241. The van der Waals surface area contributed by atoms with E-state index in [4.69, 9.17) is 15.0 Å². The monoisotopic (exact) mass is 237 g/mol. The molecule has 0 saturated carbocycles. The highest BCUT2D eigenvalue weighted by atomic mass is 19.1. The molecule has 2 aromatic rings. The van der Waals surface area contributed by atoms with Crippen molar-refractivity contribution in [3.8, 4) is 5.75 Å². The highest BCUT2D eigenvalue weighted by Gasteiger charge is 2.05. The summed E-state index contributed by atoms with van der Waals surface area (Å²) in [6.07, 6.45) is 0. The Kier molecular flexibility index (Phi) is 3.34. The highest BCUT2D eigenvalue weighted by Crippen LogP contribution is 2.17. The lowest BCUT2D eigenvalue weighted by atomic mass is 10.2. The summed E-state index contributed by atoms with van der Waals surface area (Å²) in [7, 11) is 0. The Morgan fingerprint density at radius 1 is 1.41 bits per heavy atom. The van der Waals surface area contributed by atoms with Crippen LogP contribution in [0.25, 0.3) is 0 Å². The van der Waals surface area contributed by atoms with Crippen LogP contribution in [0.3, 0.4) is 0 Å². The Morgan fingerprint density at radius 3 is 2.88 bits per heavy atom. The molecule has 1 aromatic heterocycles. The van der Waals surface area contributed by atoms with Crippen LogP contribution in [0.15, 0.2) is 22.7 Å². The minimum atomic E-state index is -0.385. The first kappa shape index (κ1) is 11.5. The fraction of sp³-hybridized carbons (Fsp3) is 0.273. The lowest BCUT2D eigenvalue weighted by Gasteiger charge is -2.05. The van der Waals surface area contributed by atoms with E-state index in [9.17, 15) is 4.39 Å². The fourth-order valence-corrected chi connectivity index (χ4v) is 1.37. The van der Waals surface area contributed by atoms with E-state index in [-0.39, 0.29) is 19.0 Å². The van der Waals surface area contributed by atoms with Gasteiger partial charge in [0, 0.05) is 12.6 Å². The third kappa shape index (κ3) is 3.01. The third-order valence-corrected chi connectivity index (χ3v) is 2.10.